The molecule has 0 unspecified atom stereocenters. The van der Waals surface area contributed by atoms with Gasteiger partial charge in [0.25, 0.3) is 0 Å². The molecule has 38 heavy (non-hydrogen) atoms. The molecule has 1 aromatic heterocycles. The Balaban J connectivity index is 1.30. The minimum atomic E-state index is 0.639. The van der Waals surface area contributed by atoms with E-state index in [0.29, 0.717) is 5.89 Å². The number of para-hydroxylation sites is 3. The quantitative estimate of drug-likeness (QED) is 0.241. The van der Waals surface area contributed by atoms with E-state index in [0.717, 1.165) is 50.2 Å². The number of benzene rings is 6. The predicted octanol–water partition coefficient (Wildman–Crippen LogP) is 9.78. The number of anilines is 3. The molecule has 0 atom stereocenters. The van der Waals surface area contributed by atoms with E-state index in [2.05, 4.69) is 126 Å². The van der Waals surface area contributed by atoms with Crippen molar-refractivity contribution < 1.29 is 4.42 Å². The Bertz CT molecular complexity index is 1810. The Morgan fingerprint density at radius 2 is 1.05 bits per heavy atom. The molecule has 1 heterocycles. The lowest BCUT2D eigenvalue weighted by molar-refractivity contribution is 0.621. The van der Waals surface area contributed by atoms with Crippen LogP contribution >= 0.6 is 0 Å². The Hall–Kier alpha value is -5.15. The van der Waals surface area contributed by atoms with Crippen LogP contribution in [0.1, 0.15) is 0 Å². The highest BCUT2D eigenvalue weighted by molar-refractivity contribution is 5.97. The molecule has 3 nitrogen and oxygen atoms in total. The summed E-state index contributed by atoms with van der Waals surface area (Å²) in [6, 6.07) is 50.2. The largest absolute Gasteiger partial charge is 0.435 e. The van der Waals surface area contributed by atoms with Crippen LogP contribution in [0.15, 0.2) is 150 Å². The normalized spacial score (nSPS) is 11.2. The van der Waals surface area contributed by atoms with Crippen LogP contribution in [0.3, 0.4) is 0 Å². The van der Waals surface area contributed by atoms with Gasteiger partial charge < -0.3 is 9.32 Å². The van der Waals surface area contributed by atoms with Crippen molar-refractivity contribution in [2.24, 2.45) is 0 Å². The first-order chi connectivity index (χ1) is 18.8. The first-order valence-electron chi connectivity index (χ1n) is 12.7. The van der Waals surface area contributed by atoms with Gasteiger partial charge in [-0.2, -0.15) is 0 Å². The standard InChI is InChI=1S/C35H24N2O/c1-3-13-27(14-4-1)37(28-15-5-2-6-16-28)29-23-21-26(22-24-29)31-18-10-20-33-34(31)38-35(36-33)32-19-9-12-25-11-7-8-17-30(25)32/h1-24H. The van der Waals surface area contributed by atoms with E-state index >= 15 is 0 Å². The van der Waals surface area contributed by atoms with Crippen LogP contribution in [0, 0.1) is 0 Å². The van der Waals surface area contributed by atoms with Gasteiger partial charge >= 0.3 is 0 Å². The zero-order chi connectivity index (χ0) is 25.3. The van der Waals surface area contributed by atoms with Gasteiger partial charge in [-0.1, -0.05) is 97.1 Å². The van der Waals surface area contributed by atoms with Crippen LogP contribution in [0.5, 0.6) is 0 Å². The monoisotopic (exact) mass is 488 g/mol. The molecule has 0 saturated heterocycles. The molecule has 6 aromatic carbocycles. The van der Waals surface area contributed by atoms with Crippen molar-refractivity contribution in [2.45, 2.75) is 0 Å². The lowest BCUT2D eigenvalue weighted by Gasteiger charge is -2.25. The second-order valence-corrected chi connectivity index (χ2v) is 9.25. The lowest BCUT2D eigenvalue weighted by atomic mass is 10.0. The molecule has 0 N–H and O–H groups in total. The molecule has 7 rings (SSSR count). The topological polar surface area (TPSA) is 29.3 Å². The summed E-state index contributed by atoms with van der Waals surface area (Å²) in [5.74, 6) is 0.639. The summed E-state index contributed by atoms with van der Waals surface area (Å²) in [5, 5.41) is 2.30. The molecule has 0 radical (unpaired) electrons. The van der Waals surface area contributed by atoms with Gasteiger partial charge in [0.1, 0.15) is 5.52 Å². The van der Waals surface area contributed by atoms with E-state index in [1.807, 2.05) is 24.3 Å². The van der Waals surface area contributed by atoms with Crippen LogP contribution in [0.4, 0.5) is 17.1 Å². The van der Waals surface area contributed by atoms with Crippen molar-refractivity contribution in [3.63, 3.8) is 0 Å². The molecule has 0 aliphatic rings. The van der Waals surface area contributed by atoms with E-state index in [9.17, 15) is 0 Å². The summed E-state index contributed by atoms with van der Waals surface area (Å²) in [5.41, 5.74) is 8.08. The number of hydrogen-bond acceptors (Lipinski definition) is 3. The Morgan fingerprint density at radius 1 is 0.474 bits per heavy atom. The van der Waals surface area contributed by atoms with E-state index in [-0.39, 0.29) is 0 Å². The highest BCUT2D eigenvalue weighted by Gasteiger charge is 2.16. The van der Waals surface area contributed by atoms with E-state index < -0.39 is 0 Å². The van der Waals surface area contributed by atoms with Gasteiger partial charge in [-0.05, 0) is 64.9 Å². The number of fused-ring (bicyclic) bond motifs is 2. The summed E-state index contributed by atoms with van der Waals surface area (Å²) in [6.07, 6.45) is 0. The minimum absolute atomic E-state index is 0.639. The SMILES string of the molecule is c1ccc(N(c2ccccc2)c2ccc(-c3cccc4nc(-c5cccc6ccccc56)oc34)cc2)cc1. The zero-order valence-corrected chi connectivity index (χ0v) is 20.7. The van der Waals surface area contributed by atoms with Gasteiger partial charge in [0.15, 0.2) is 5.58 Å². The summed E-state index contributed by atoms with van der Waals surface area (Å²) < 4.78 is 6.44. The van der Waals surface area contributed by atoms with E-state index in [4.69, 9.17) is 9.40 Å². The fourth-order valence-corrected chi connectivity index (χ4v) is 5.09. The number of oxazole rings is 1. The molecule has 0 amide bonds. The molecular formula is C35H24N2O. The van der Waals surface area contributed by atoms with Crippen molar-refractivity contribution in [2.75, 3.05) is 4.90 Å². The second-order valence-electron chi connectivity index (χ2n) is 9.25. The third-order valence-electron chi connectivity index (χ3n) is 6.90. The molecule has 0 aliphatic heterocycles. The summed E-state index contributed by atoms with van der Waals surface area (Å²) in [7, 11) is 0. The third kappa shape index (κ3) is 3.91. The van der Waals surface area contributed by atoms with Crippen molar-refractivity contribution in [3.8, 4) is 22.6 Å². The summed E-state index contributed by atoms with van der Waals surface area (Å²) >= 11 is 0. The average Bonchev–Trinajstić information content (AvgIpc) is 3.43. The van der Waals surface area contributed by atoms with Crippen LogP contribution in [0.25, 0.3) is 44.5 Å². The van der Waals surface area contributed by atoms with Crippen molar-refractivity contribution in [1.29, 1.82) is 0 Å². The van der Waals surface area contributed by atoms with Gasteiger partial charge in [0.05, 0.1) is 0 Å². The van der Waals surface area contributed by atoms with Crippen LogP contribution in [-0.2, 0) is 0 Å². The molecule has 0 spiro atoms. The van der Waals surface area contributed by atoms with Gasteiger partial charge in [0, 0.05) is 28.2 Å². The van der Waals surface area contributed by atoms with Gasteiger partial charge in [-0.3, -0.25) is 0 Å². The average molecular weight is 489 g/mol. The molecule has 0 saturated carbocycles. The maximum atomic E-state index is 6.44. The molecule has 0 bridgehead atoms. The first-order valence-corrected chi connectivity index (χ1v) is 12.7. The maximum absolute atomic E-state index is 6.44. The number of nitrogens with zero attached hydrogens (tertiary/aromatic N) is 2. The van der Waals surface area contributed by atoms with Crippen molar-refractivity contribution >= 4 is 38.9 Å². The van der Waals surface area contributed by atoms with E-state index in [1.54, 1.807) is 0 Å². The highest BCUT2D eigenvalue weighted by atomic mass is 16.3. The van der Waals surface area contributed by atoms with Gasteiger partial charge in [0.2, 0.25) is 5.89 Å². The molecule has 0 fully saturated rings. The summed E-state index contributed by atoms with van der Waals surface area (Å²) in [4.78, 5) is 7.13. The predicted molar refractivity (Wildman–Crippen MR) is 157 cm³/mol. The summed E-state index contributed by atoms with van der Waals surface area (Å²) in [6.45, 7) is 0. The van der Waals surface area contributed by atoms with Gasteiger partial charge in [-0.15, -0.1) is 0 Å². The Morgan fingerprint density at radius 3 is 1.79 bits per heavy atom. The van der Waals surface area contributed by atoms with Crippen molar-refractivity contribution in [1.82, 2.24) is 4.98 Å². The molecule has 180 valence electrons. The first kappa shape index (κ1) is 22.1. The smallest absolute Gasteiger partial charge is 0.227 e. The van der Waals surface area contributed by atoms with Crippen LogP contribution < -0.4 is 4.90 Å². The molecule has 7 aromatic rings. The number of rotatable bonds is 5. The number of aromatic nitrogens is 1. The molecular weight excluding hydrogens is 464 g/mol. The zero-order valence-electron chi connectivity index (χ0n) is 20.7. The maximum Gasteiger partial charge on any atom is 0.227 e. The lowest BCUT2D eigenvalue weighted by Crippen LogP contribution is -2.09. The third-order valence-corrected chi connectivity index (χ3v) is 6.90. The fourth-order valence-electron chi connectivity index (χ4n) is 5.09. The second kappa shape index (κ2) is 9.38. The minimum Gasteiger partial charge on any atom is -0.435 e. The fraction of sp³-hybridized carbons (Fsp3) is 0. The van der Waals surface area contributed by atoms with Crippen molar-refractivity contribution in [3.05, 3.63) is 146 Å². The van der Waals surface area contributed by atoms with Gasteiger partial charge in [-0.25, -0.2) is 4.98 Å². The molecule has 3 heteroatoms. The highest BCUT2D eigenvalue weighted by Crippen LogP contribution is 2.38. The Labute approximate surface area is 221 Å². The van der Waals surface area contributed by atoms with Crippen LogP contribution in [0.2, 0.25) is 0 Å². The number of hydrogen-bond donors (Lipinski definition) is 0. The van der Waals surface area contributed by atoms with E-state index in [1.165, 1.54) is 5.39 Å². The molecule has 0 aliphatic carbocycles. The van der Waals surface area contributed by atoms with Crippen LogP contribution in [-0.4, -0.2) is 4.98 Å². The Kier molecular flexibility index (Phi) is 5.45.